The van der Waals surface area contributed by atoms with E-state index < -0.39 is 5.97 Å². The molecule has 0 spiro atoms. The van der Waals surface area contributed by atoms with Gasteiger partial charge in [-0.2, -0.15) is 0 Å². The molecule has 0 aliphatic carbocycles. The number of rotatable bonds is 19. The van der Waals surface area contributed by atoms with Gasteiger partial charge in [-0.3, -0.25) is 4.79 Å². The summed E-state index contributed by atoms with van der Waals surface area (Å²) in [5.41, 5.74) is 0.894. The van der Waals surface area contributed by atoms with E-state index in [4.69, 9.17) is 14.6 Å². The van der Waals surface area contributed by atoms with Crippen molar-refractivity contribution in [1.82, 2.24) is 4.90 Å². The Kier molecular flexibility index (Phi) is 14.9. The first-order valence-electron chi connectivity index (χ1n) is 11.8. The number of carboxylic acid groups (broad SMARTS) is 1. The number of benzene rings is 1. The number of unbranched alkanes of at least 4 members (excludes halogenated alkanes) is 9. The number of carbonyl (C=O) groups is 1. The summed E-state index contributed by atoms with van der Waals surface area (Å²) in [6.07, 6.45) is 14.2. The molecule has 0 bridgehead atoms. The first kappa shape index (κ1) is 26.3. The molecule has 0 saturated heterocycles. The van der Waals surface area contributed by atoms with Crippen LogP contribution in [0.3, 0.4) is 0 Å². The van der Waals surface area contributed by atoms with Gasteiger partial charge in [0.05, 0.1) is 7.11 Å². The van der Waals surface area contributed by atoms with E-state index in [2.05, 4.69) is 18.9 Å². The predicted octanol–water partition coefficient (Wildman–Crippen LogP) is 5.94. The molecule has 30 heavy (non-hydrogen) atoms. The van der Waals surface area contributed by atoms with Crippen molar-refractivity contribution in [2.24, 2.45) is 0 Å². The maximum Gasteiger partial charge on any atom is 0.303 e. The number of aryl methyl sites for hydroxylation is 1. The van der Waals surface area contributed by atoms with Gasteiger partial charge < -0.3 is 19.5 Å². The summed E-state index contributed by atoms with van der Waals surface area (Å²) in [5, 5.41) is 8.84. The van der Waals surface area contributed by atoms with Crippen LogP contribution < -0.4 is 9.47 Å². The number of carboxylic acids is 1. The van der Waals surface area contributed by atoms with Crippen molar-refractivity contribution in [1.29, 1.82) is 0 Å². The third-order valence-electron chi connectivity index (χ3n) is 5.50. The summed E-state index contributed by atoms with van der Waals surface area (Å²) >= 11 is 0. The quantitative estimate of drug-likeness (QED) is 0.280. The molecule has 1 aromatic carbocycles. The largest absolute Gasteiger partial charge is 0.496 e. The summed E-state index contributed by atoms with van der Waals surface area (Å²) < 4.78 is 11.2. The lowest BCUT2D eigenvalue weighted by atomic mass is 10.1. The van der Waals surface area contributed by atoms with Gasteiger partial charge in [0.1, 0.15) is 18.1 Å². The maximum atomic E-state index is 10.8. The minimum atomic E-state index is -0.803. The molecule has 5 heteroatoms. The zero-order valence-corrected chi connectivity index (χ0v) is 19.5. The molecule has 0 atom stereocenters. The van der Waals surface area contributed by atoms with Crippen LogP contribution in [0.15, 0.2) is 18.2 Å². The Balaban J connectivity index is 2.12. The topological polar surface area (TPSA) is 59.0 Å². The van der Waals surface area contributed by atoms with E-state index in [1.807, 2.05) is 18.2 Å². The van der Waals surface area contributed by atoms with Crippen molar-refractivity contribution in [2.45, 2.75) is 84.0 Å². The minimum absolute atomic E-state index is 0.0975. The highest BCUT2D eigenvalue weighted by atomic mass is 16.5. The van der Waals surface area contributed by atoms with Crippen molar-refractivity contribution in [2.75, 3.05) is 33.9 Å². The molecule has 0 heterocycles. The van der Waals surface area contributed by atoms with Gasteiger partial charge in [-0.05, 0) is 38.1 Å². The summed E-state index contributed by atoms with van der Waals surface area (Å²) in [6, 6.07) is 5.63. The van der Waals surface area contributed by atoms with E-state index >= 15 is 0 Å². The first-order chi connectivity index (χ1) is 14.6. The lowest BCUT2D eigenvalue weighted by molar-refractivity contribution is -0.136. The molecule has 0 aromatic heterocycles. The summed E-state index contributed by atoms with van der Waals surface area (Å²) in [7, 11) is 3.75. The Labute approximate surface area is 183 Å². The molecule has 5 nitrogen and oxygen atoms in total. The molecule has 0 fully saturated rings. The molecule has 1 aromatic rings. The molecule has 1 rings (SSSR count). The van der Waals surface area contributed by atoms with Crippen LogP contribution in [0.1, 0.15) is 83.1 Å². The number of likely N-dealkylation sites (N-methyl/N-ethyl adjacent to an activating group) is 1. The molecule has 172 valence electrons. The smallest absolute Gasteiger partial charge is 0.303 e. The fraction of sp³-hybridized carbons (Fsp3) is 0.720. The predicted molar refractivity (Wildman–Crippen MR) is 124 cm³/mol. The van der Waals surface area contributed by atoms with Crippen LogP contribution >= 0.6 is 0 Å². The SMILES string of the molecule is CCCCCCCCCCCCN(C)CCOc1ccc(CCC(=O)O)c(OC)c1. The summed E-state index contributed by atoms with van der Waals surface area (Å²) in [6.45, 7) is 4.90. The number of nitrogens with zero attached hydrogens (tertiary/aromatic N) is 1. The molecule has 0 aliphatic rings. The van der Waals surface area contributed by atoms with Gasteiger partial charge >= 0.3 is 5.97 Å². The standard InChI is InChI=1S/C25H43NO4/c1-4-5-6-7-8-9-10-11-12-13-18-26(2)19-20-30-23-16-14-22(15-17-25(27)28)24(21-23)29-3/h14,16,21H,4-13,15,17-20H2,1-3H3,(H,27,28). The first-order valence-corrected chi connectivity index (χ1v) is 11.8. The highest BCUT2D eigenvalue weighted by molar-refractivity contribution is 5.67. The van der Waals surface area contributed by atoms with Crippen LogP contribution in [0.4, 0.5) is 0 Å². The van der Waals surface area contributed by atoms with Gasteiger partial charge in [0.2, 0.25) is 0 Å². The fourth-order valence-electron chi connectivity index (χ4n) is 3.56. The van der Waals surface area contributed by atoms with Crippen LogP contribution in [0.5, 0.6) is 11.5 Å². The van der Waals surface area contributed by atoms with E-state index in [0.717, 1.165) is 24.4 Å². The molecule has 0 radical (unpaired) electrons. The minimum Gasteiger partial charge on any atom is -0.496 e. The monoisotopic (exact) mass is 421 g/mol. The van der Waals surface area contributed by atoms with Crippen LogP contribution in [0.2, 0.25) is 0 Å². The van der Waals surface area contributed by atoms with Crippen molar-refractivity contribution >= 4 is 5.97 Å². The number of ether oxygens (including phenoxy) is 2. The number of aliphatic carboxylic acids is 1. The van der Waals surface area contributed by atoms with Gasteiger partial charge in [0.15, 0.2) is 0 Å². The Morgan fingerprint density at radius 1 is 0.967 bits per heavy atom. The summed E-state index contributed by atoms with van der Waals surface area (Å²) in [5.74, 6) is 0.647. The van der Waals surface area contributed by atoms with Gasteiger partial charge in [0, 0.05) is 19.0 Å². The van der Waals surface area contributed by atoms with Gasteiger partial charge in [0.25, 0.3) is 0 Å². The highest BCUT2D eigenvalue weighted by Crippen LogP contribution is 2.25. The molecule has 1 N–H and O–H groups in total. The lowest BCUT2D eigenvalue weighted by Gasteiger charge is -2.17. The molecule has 0 aliphatic heterocycles. The number of hydrogen-bond donors (Lipinski definition) is 1. The third-order valence-corrected chi connectivity index (χ3v) is 5.50. The molecular weight excluding hydrogens is 378 g/mol. The Morgan fingerprint density at radius 3 is 2.20 bits per heavy atom. The van der Waals surface area contributed by atoms with E-state index in [1.54, 1.807) is 7.11 Å². The second kappa shape index (κ2) is 17.0. The average Bonchev–Trinajstić information content (AvgIpc) is 2.73. The van der Waals surface area contributed by atoms with Crippen molar-refractivity contribution in [3.63, 3.8) is 0 Å². The Bertz CT molecular complexity index is 576. The van der Waals surface area contributed by atoms with Crippen molar-refractivity contribution in [3.05, 3.63) is 23.8 Å². The van der Waals surface area contributed by atoms with Crippen LogP contribution in [-0.4, -0.2) is 49.8 Å². The maximum absolute atomic E-state index is 10.8. The third kappa shape index (κ3) is 12.7. The molecule has 0 amide bonds. The molecular formula is C25H43NO4. The van der Waals surface area contributed by atoms with E-state index in [9.17, 15) is 4.79 Å². The van der Waals surface area contributed by atoms with E-state index in [1.165, 1.54) is 64.2 Å². The van der Waals surface area contributed by atoms with Crippen LogP contribution in [0, 0.1) is 0 Å². The van der Waals surface area contributed by atoms with Crippen LogP contribution in [-0.2, 0) is 11.2 Å². The van der Waals surface area contributed by atoms with Crippen molar-refractivity contribution in [3.8, 4) is 11.5 Å². The second-order valence-corrected chi connectivity index (χ2v) is 8.20. The Hall–Kier alpha value is -1.75. The van der Waals surface area contributed by atoms with E-state index in [0.29, 0.717) is 18.8 Å². The summed E-state index contributed by atoms with van der Waals surface area (Å²) in [4.78, 5) is 13.1. The average molecular weight is 422 g/mol. The van der Waals surface area contributed by atoms with Gasteiger partial charge in [-0.25, -0.2) is 0 Å². The second-order valence-electron chi connectivity index (χ2n) is 8.20. The van der Waals surface area contributed by atoms with E-state index in [-0.39, 0.29) is 6.42 Å². The Morgan fingerprint density at radius 2 is 1.60 bits per heavy atom. The zero-order chi connectivity index (χ0) is 22.0. The zero-order valence-electron chi connectivity index (χ0n) is 19.5. The lowest BCUT2D eigenvalue weighted by Crippen LogP contribution is -2.25. The van der Waals surface area contributed by atoms with Gasteiger partial charge in [-0.15, -0.1) is 0 Å². The van der Waals surface area contributed by atoms with Crippen LogP contribution in [0.25, 0.3) is 0 Å². The number of hydrogen-bond acceptors (Lipinski definition) is 4. The van der Waals surface area contributed by atoms with Gasteiger partial charge in [-0.1, -0.05) is 70.8 Å². The highest BCUT2D eigenvalue weighted by Gasteiger charge is 2.08. The normalized spacial score (nSPS) is 11.1. The van der Waals surface area contributed by atoms with Crippen molar-refractivity contribution < 1.29 is 19.4 Å². The molecule has 0 saturated carbocycles. The number of methoxy groups -OCH3 is 1. The fourth-order valence-corrected chi connectivity index (χ4v) is 3.56. The molecule has 0 unspecified atom stereocenters.